The minimum Gasteiger partial charge on any atom is -0.309 e. The van der Waals surface area contributed by atoms with E-state index in [-0.39, 0.29) is 40.2 Å². The lowest BCUT2D eigenvalue weighted by molar-refractivity contribution is -0.143. The molecule has 3 heterocycles. The molecule has 0 saturated heterocycles. The molecule has 11 rings (SSSR count). The van der Waals surface area contributed by atoms with E-state index in [9.17, 15) is 26.3 Å². The molecule has 64 heavy (non-hydrogen) atoms. The van der Waals surface area contributed by atoms with Crippen molar-refractivity contribution in [1.82, 2.24) is 24.1 Å². The van der Waals surface area contributed by atoms with Crippen LogP contribution in [0.3, 0.4) is 0 Å². The van der Waals surface area contributed by atoms with E-state index < -0.39 is 23.5 Å². The van der Waals surface area contributed by atoms with Gasteiger partial charge < -0.3 is 9.13 Å². The number of benzene rings is 8. The molecule has 11 aromatic rings. The van der Waals surface area contributed by atoms with Crippen molar-refractivity contribution in [3.63, 3.8) is 0 Å². The van der Waals surface area contributed by atoms with Crippen LogP contribution in [0, 0.1) is 0 Å². The maximum atomic E-state index is 14.4. The normalized spacial score (nSPS) is 12.2. The highest BCUT2D eigenvalue weighted by molar-refractivity contribution is 6.12. The van der Waals surface area contributed by atoms with E-state index >= 15 is 0 Å². The van der Waals surface area contributed by atoms with Gasteiger partial charge in [-0.05, 0) is 71.8 Å². The molecule has 5 nitrogen and oxygen atoms in total. The van der Waals surface area contributed by atoms with Gasteiger partial charge in [-0.3, -0.25) is 0 Å². The van der Waals surface area contributed by atoms with Gasteiger partial charge in [0, 0.05) is 49.6 Å². The number of fused-ring (bicyclic) bond motifs is 6. The van der Waals surface area contributed by atoms with E-state index in [1.54, 1.807) is 18.2 Å². The summed E-state index contributed by atoms with van der Waals surface area (Å²) in [4.78, 5) is 14.6. The van der Waals surface area contributed by atoms with Gasteiger partial charge in [-0.25, -0.2) is 15.0 Å². The summed E-state index contributed by atoms with van der Waals surface area (Å²) in [5.41, 5.74) is 3.55. The second kappa shape index (κ2) is 14.8. The van der Waals surface area contributed by atoms with Crippen LogP contribution in [0.15, 0.2) is 188 Å². The maximum absolute atomic E-state index is 14.4. The summed E-state index contributed by atoms with van der Waals surface area (Å²) < 4.78 is 90.7. The van der Waals surface area contributed by atoms with Crippen LogP contribution in [0.25, 0.3) is 100 Å². The predicted octanol–water partition coefficient (Wildman–Crippen LogP) is 14.8. The van der Waals surface area contributed by atoms with E-state index in [4.69, 9.17) is 15.0 Å². The average molecular weight is 852 g/mol. The van der Waals surface area contributed by atoms with Crippen molar-refractivity contribution in [2.75, 3.05) is 0 Å². The molecule has 0 bridgehead atoms. The van der Waals surface area contributed by atoms with Crippen molar-refractivity contribution >= 4 is 43.6 Å². The fraction of sp³-hybridized carbons (Fsp3) is 0.0377. The maximum Gasteiger partial charge on any atom is 0.416 e. The molecule has 0 radical (unpaired) electrons. The van der Waals surface area contributed by atoms with E-state index in [0.717, 1.165) is 61.4 Å². The summed E-state index contributed by atoms with van der Waals surface area (Å²) >= 11 is 0. The predicted molar refractivity (Wildman–Crippen MR) is 240 cm³/mol. The van der Waals surface area contributed by atoms with Gasteiger partial charge in [0.05, 0.1) is 33.2 Å². The first kappa shape index (κ1) is 38.8. The van der Waals surface area contributed by atoms with Crippen LogP contribution < -0.4 is 0 Å². The molecular formula is C53H31F6N5. The van der Waals surface area contributed by atoms with Gasteiger partial charge in [0.2, 0.25) is 0 Å². The Balaban J connectivity index is 1.21. The van der Waals surface area contributed by atoms with Gasteiger partial charge in [-0.1, -0.05) is 127 Å². The summed E-state index contributed by atoms with van der Waals surface area (Å²) in [5, 5.41) is 4.09. The van der Waals surface area contributed by atoms with Crippen LogP contribution in [-0.2, 0) is 12.4 Å². The lowest BCUT2D eigenvalue weighted by Crippen LogP contribution is -2.11. The van der Waals surface area contributed by atoms with Crippen molar-refractivity contribution in [3.8, 4) is 56.7 Å². The van der Waals surface area contributed by atoms with Crippen molar-refractivity contribution in [2.24, 2.45) is 0 Å². The van der Waals surface area contributed by atoms with Crippen LogP contribution in [0.1, 0.15) is 11.1 Å². The molecule has 0 unspecified atom stereocenters. The molecule has 310 valence electrons. The van der Waals surface area contributed by atoms with Gasteiger partial charge >= 0.3 is 12.4 Å². The molecule has 0 aliphatic heterocycles. The monoisotopic (exact) mass is 851 g/mol. The summed E-state index contributed by atoms with van der Waals surface area (Å²) in [6, 6.07) is 55.4. The van der Waals surface area contributed by atoms with Gasteiger partial charge in [0.1, 0.15) is 0 Å². The Labute approximate surface area is 361 Å². The standard InChI is InChI=1S/C53H31F6N5/c54-52(55,56)35-27-34(28-36(29-35)53(57,58)59)39-25-23-37(30-44(39)51-61-49(32-13-3-1-4-14-32)60-50(62-51)33-15-5-2-6-16-33)64-47-22-12-9-19-42(47)43-26-24-38(31-48(43)64)63-45-20-10-7-17-40(45)41-18-8-11-21-46(41)63/h1-31H. The highest BCUT2D eigenvalue weighted by Crippen LogP contribution is 2.43. The van der Waals surface area contributed by atoms with Crippen LogP contribution in [0.4, 0.5) is 26.3 Å². The van der Waals surface area contributed by atoms with Gasteiger partial charge in [0.25, 0.3) is 0 Å². The Hall–Kier alpha value is -8.05. The topological polar surface area (TPSA) is 48.5 Å². The van der Waals surface area contributed by atoms with Gasteiger partial charge in [-0.15, -0.1) is 0 Å². The quantitative estimate of drug-likeness (QED) is 0.157. The van der Waals surface area contributed by atoms with Crippen molar-refractivity contribution < 1.29 is 26.3 Å². The van der Waals surface area contributed by atoms with Crippen LogP contribution in [0.2, 0.25) is 0 Å². The van der Waals surface area contributed by atoms with Crippen LogP contribution in [0.5, 0.6) is 0 Å². The molecular weight excluding hydrogens is 821 g/mol. The zero-order chi connectivity index (χ0) is 43.7. The Kier molecular flexibility index (Phi) is 8.98. The minimum atomic E-state index is -5.07. The van der Waals surface area contributed by atoms with E-state index in [0.29, 0.717) is 16.8 Å². The zero-order valence-electron chi connectivity index (χ0n) is 33.4. The fourth-order valence-corrected chi connectivity index (χ4v) is 8.72. The Morgan fingerprint density at radius 2 is 0.719 bits per heavy atom. The van der Waals surface area contributed by atoms with Crippen molar-refractivity contribution in [3.05, 3.63) is 199 Å². The summed E-state index contributed by atoms with van der Waals surface area (Å²) in [6.07, 6.45) is -10.1. The third kappa shape index (κ3) is 6.64. The third-order valence-electron chi connectivity index (χ3n) is 11.6. The largest absolute Gasteiger partial charge is 0.416 e. The first-order valence-electron chi connectivity index (χ1n) is 20.3. The van der Waals surface area contributed by atoms with E-state index in [1.165, 1.54) is 0 Å². The first-order chi connectivity index (χ1) is 31.0. The number of hydrogen-bond acceptors (Lipinski definition) is 3. The smallest absolute Gasteiger partial charge is 0.309 e. The Bertz CT molecular complexity index is 3450. The first-order valence-corrected chi connectivity index (χ1v) is 20.3. The second-order valence-electron chi connectivity index (χ2n) is 15.5. The number of halogens is 6. The molecule has 11 heteroatoms. The number of hydrogen-bond donors (Lipinski definition) is 0. The van der Waals surface area contributed by atoms with Crippen LogP contribution in [-0.4, -0.2) is 24.1 Å². The van der Waals surface area contributed by atoms with E-state index in [2.05, 4.69) is 51.6 Å². The number of nitrogens with zero attached hydrogens (tertiary/aromatic N) is 5. The van der Waals surface area contributed by atoms with Crippen LogP contribution >= 0.6 is 0 Å². The zero-order valence-corrected chi connectivity index (χ0v) is 33.4. The lowest BCUT2D eigenvalue weighted by Gasteiger charge is -2.18. The molecule has 0 atom stereocenters. The Morgan fingerprint density at radius 1 is 0.312 bits per heavy atom. The summed E-state index contributed by atoms with van der Waals surface area (Å²) in [6.45, 7) is 0. The molecule has 3 aromatic heterocycles. The number of aromatic nitrogens is 5. The van der Waals surface area contributed by atoms with Gasteiger partial charge in [0.15, 0.2) is 17.5 Å². The molecule has 0 aliphatic rings. The second-order valence-corrected chi connectivity index (χ2v) is 15.5. The molecule has 0 saturated carbocycles. The van der Waals surface area contributed by atoms with Crippen molar-refractivity contribution in [2.45, 2.75) is 12.4 Å². The number of para-hydroxylation sites is 3. The molecule has 0 fully saturated rings. The SMILES string of the molecule is FC(F)(F)c1cc(-c2ccc(-n3c4ccccc4c4ccc(-n5c6ccccc6c6ccccc65)cc43)cc2-c2nc(-c3ccccc3)nc(-c3ccccc3)n2)cc(C(F)(F)F)c1. The molecule has 0 spiro atoms. The highest BCUT2D eigenvalue weighted by atomic mass is 19.4. The number of alkyl halides is 6. The minimum absolute atomic E-state index is 0.0577. The van der Waals surface area contributed by atoms with Crippen molar-refractivity contribution in [1.29, 1.82) is 0 Å². The molecule has 8 aromatic carbocycles. The number of rotatable bonds is 6. The average Bonchev–Trinajstić information content (AvgIpc) is 3.83. The highest BCUT2D eigenvalue weighted by Gasteiger charge is 2.37. The lowest BCUT2D eigenvalue weighted by atomic mass is 9.94. The summed E-state index contributed by atoms with van der Waals surface area (Å²) in [5.74, 6) is 0.601. The molecule has 0 amide bonds. The molecule has 0 aliphatic carbocycles. The Morgan fingerprint density at radius 3 is 1.22 bits per heavy atom. The van der Waals surface area contributed by atoms with E-state index in [1.807, 2.05) is 109 Å². The third-order valence-corrected chi connectivity index (χ3v) is 11.6. The van der Waals surface area contributed by atoms with Gasteiger partial charge in [-0.2, -0.15) is 26.3 Å². The summed E-state index contributed by atoms with van der Waals surface area (Å²) in [7, 11) is 0. The molecule has 0 N–H and O–H groups in total. The fourth-order valence-electron chi connectivity index (χ4n) is 8.72.